The summed E-state index contributed by atoms with van der Waals surface area (Å²) in [7, 11) is 1.63. The number of rotatable bonds is 7. The summed E-state index contributed by atoms with van der Waals surface area (Å²) in [4.78, 5) is 16.9. The fourth-order valence-electron chi connectivity index (χ4n) is 3.59. The van der Waals surface area contributed by atoms with Gasteiger partial charge < -0.3 is 14.6 Å². The van der Waals surface area contributed by atoms with Crippen molar-refractivity contribution in [1.82, 2.24) is 25.1 Å². The standard InChI is InChI=1S/C21H25N5O2S/c1-28-17-9-5-4-8-15(17)21-23-16(14-29-21)20(27)22-12-7-11-19-25-24-18-10-3-2-6-13-26(18)19/h4-5,8-9,14H,2-3,6-7,10-13H2,1H3,(H,22,27). The van der Waals surface area contributed by atoms with E-state index < -0.39 is 0 Å². The molecule has 3 heterocycles. The molecule has 0 bridgehead atoms. The summed E-state index contributed by atoms with van der Waals surface area (Å²) >= 11 is 1.44. The number of fused-ring (bicyclic) bond motifs is 1. The maximum atomic E-state index is 12.5. The van der Waals surface area contributed by atoms with Crippen LogP contribution in [0.1, 0.15) is 47.8 Å². The molecular weight excluding hydrogens is 386 g/mol. The Kier molecular flexibility index (Phi) is 6.19. The Bertz CT molecular complexity index is 981. The molecule has 0 aliphatic carbocycles. The van der Waals surface area contributed by atoms with Crippen LogP contribution in [0.25, 0.3) is 10.6 Å². The molecule has 4 rings (SSSR count). The van der Waals surface area contributed by atoms with Gasteiger partial charge in [0.2, 0.25) is 0 Å². The van der Waals surface area contributed by atoms with Crippen LogP contribution >= 0.6 is 11.3 Å². The summed E-state index contributed by atoms with van der Waals surface area (Å²) < 4.78 is 7.64. The SMILES string of the molecule is COc1ccccc1-c1nc(C(=O)NCCCc2nnc3n2CCCCC3)cs1. The Morgan fingerprint density at radius 3 is 3.03 bits per heavy atom. The van der Waals surface area contributed by atoms with E-state index in [9.17, 15) is 4.79 Å². The van der Waals surface area contributed by atoms with Gasteiger partial charge in [0.25, 0.3) is 5.91 Å². The minimum Gasteiger partial charge on any atom is -0.496 e. The predicted octanol–water partition coefficient (Wildman–Crippen LogP) is 3.50. The number of aromatic nitrogens is 4. The molecule has 0 unspecified atom stereocenters. The summed E-state index contributed by atoms with van der Waals surface area (Å²) in [5, 5.41) is 14.2. The Hall–Kier alpha value is -2.74. The van der Waals surface area contributed by atoms with Crippen LogP contribution in [0.2, 0.25) is 0 Å². The van der Waals surface area contributed by atoms with E-state index in [0.717, 1.165) is 53.8 Å². The normalized spacial score (nSPS) is 13.6. The molecule has 0 fully saturated rings. The Labute approximate surface area is 174 Å². The minimum absolute atomic E-state index is 0.150. The average molecular weight is 412 g/mol. The van der Waals surface area contributed by atoms with Crippen molar-refractivity contribution < 1.29 is 9.53 Å². The van der Waals surface area contributed by atoms with Crippen LogP contribution in [0, 0.1) is 0 Å². The van der Waals surface area contributed by atoms with Gasteiger partial charge >= 0.3 is 0 Å². The summed E-state index contributed by atoms with van der Waals surface area (Å²) in [6.45, 7) is 1.59. The van der Waals surface area contributed by atoms with Crippen molar-refractivity contribution in [2.75, 3.05) is 13.7 Å². The molecule has 7 nitrogen and oxygen atoms in total. The van der Waals surface area contributed by atoms with Crippen LogP contribution in [0.5, 0.6) is 5.75 Å². The molecule has 8 heteroatoms. The van der Waals surface area contributed by atoms with Crippen molar-refractivity contribution in [3.63, 3.8) is 0 Å². The number of aryl methyl sites for hydroxylation is 2. The number of methoxy groups -OCH3 is 1. The van der Waals surface area contributed by atoms with Gasteiger partial charge in [0.1, 0.15) is 28.1 Å². The Balaban J connectivity index is 1.31. The zero-order chi connectivity index (χ0) is 20.1. The lowest BCUT2D eigenvalue weighted by atomic mass is 10.2. The minimum atomic E-state index is -0.150. The Morgan fingerprint density at radius 1 is 1.24 bits per heavy atom. The van der Waals surface area contributed by atoms with Crippen molar-refractivity contribution >= 4 is 17.2 Å². The number of nitrogens with one attached hydrogen (secondary N) is 1. The van der Waals surface area contributed by atoms with Crippen LogP contribution in [0.3, 0.4) is 0 Å². The topological polar surface area (TPSA) is 81.9 Å². The number of hydrogen-bond acceptors (Lipinski definition) is 6. The maximum absolute atomic E-state index is 12.5. The van der Waals surface area contributed by atoms with E-state index in [1.165, 1.54) is 30.6 Å². The third-order valence-corrected chi connectivity index (χ3v) is 6.00. The second-order valence-corrected chi connectivity index (χ2v) is 7.95. The van der Waals surface area contributed by atoms with E-state index in [1.54, 1.807) is 12.5 Å². The van der Waals surface area contributed by atoms with Crippen molar-refractivity contribution in [1.29, 1.82) is 0 Å². The predicted molar refractivity (Wildman–Crippen MR) is 112 cm³/mol. The number of para-hydroxylation sites is 1. The largest absolute Gasteiger partial charge is 0.496 e. The highest BCUT2D eigenvalue weighted by atomic mass is 32.1. The Morgan fingerprint density at radius 2 is 2.14 bits per heavy atom. The summed E-state index contributed by atoms with van der Waals surface area (Å²) in [6.07, 6.45) is 6.29. The smallest absolute Gasteiger partial charge is 0.270 e. The number of nitrogens with zero attached hydrogens (tertiary/aromatic N) is 4. The van der Waals surface area contributed by atoms with Crippen LogP contribution in [-0.4, -0.2) is 39.3 Å². The molecular formula is C21H25N5O2S. The molecule has 0 atom stereocenters. The molecule has 1 aromatic carbocycles. The number of benzene rings is 1. The van der Waals surface area contributed by atoms with E-state index >= 15 is 0 Å². The van der Waals surface area contributed by atoms with Gasteiger partial charge in [-0.1, -0.05) is 18.6 Å². The van der Waals surface area contributed by atoms with Gasteiger partial charge in [0.05, 0.1) is 12.7 Å². The quantitative estimate of drug-likeness (QED) is 0.602. The van der Waals surface area contributed by atoms with E-state index in [2.05, 4.69) is 25.1 Å². The zero-order valence-corrected chi connectivity index (χ0v) is 17.4. The summed E-state index contributed by atoms with van der Waals surface area (Å²) in [5.41, 5.74) is 1.33. The molecule has 1 N–H and O–H groups in total. The van der Waals surface area contributed by atoms with Crippen LogP contribution in [0.4, 0.5) is 0 Å². The number of amides is 1. The van der Waals surface area contributed by atoms with Gasteiger partial charge in [-0.25, -0.2) is 4.98 Å². The molecule has 0 radical (unpaired) electrons. The van der Waals surface area contributed by atoms with Gasteiger partial charge in [-0.05, 0) is 31.4 Å². The number of ether oxygens (including phenoxy) is 1. The molecule has 152 valence electrons. The van der Waals surface area contributed by atoms with E-state index in [-0.39, 0.29) is 5.91 Å². The molecule has 29 heavy (non-hydrogen) atoms. The molecule has 2 aromatic heterocycles. The highest BCUT2D eigenvalue weighted by Gasteiger charge is 2.16. The number of carbonyl (C=O) groups excluding carboxylic acids is 1. The highest BCUT2D eigenvalue weighted by molar-refractivity contribution is 7.13. The van der Waals surface area contributed by atoms with Crippen molar-refractivity contribution in [2.24, 2.45) is 0 Å². The molecule has 1 aliphatic heterocycles. The fraction of sp³-hybridized carbons (Fsp3) is 0.429. The summed E-state index contributed by atoms with van der Waals surface area (Å²) in [6, 6.07) is 7.69. The lowest BCUT2D eigenvalue weighted by molar-refractivity contribution is 0.0949. The molecule has 0 saturated carbocycles. The number of hydrogen-bond donors (Lipinski definition) is 1. The number of carbonyl (C=O) groups is 1. The van der Waals surface area contributed by atoms with Gasteiger partial charge in [-0.3, -0.25) is 4.79 Å². The monoisotopic (exact) mass is 411 g/mol. The van der Waals surface area contributed by atoms with Gasteiger partial charge in [-0.2, -0.15) is 0 Å². The lowest BCUT2D eigenvalue weighted by Crippen LogP contribution is -2.25. The third kappa shape index (κ3) is 4.48. The van der Waals surface area contributed by atoms with Crippen LogP contribution in [0.15, 0.2) is 29.6 Å². The maximum Gasteiger partial charge on any atom is 0.270 e. The first-order chi connectivity index (χ1) is 14.3. The molecule has 3 aromatic rings. The highest BCUT2D eigenvalue weighted by Crippen LogP contribution is 2.31. The lowest BCUT2D eigenvalue weighted by Gasteiger charge is -2.07. The van der Waals surface area contributed by atoms with E-state index in [0.29, 0.717) is 12.2 Å². The third-order valence-electron chi connectivity index (χ3n) is 5.12. The second kappa shape index (κ2) is 9.17. The van der Waals surface area contributed by atoms with Gasteiger partial charge in [-0.15, -0.1) is 21.5 Å². The molecule has 1 aliphatic rings. The van der Waals surface area contributed by atoms with Crippen LogP contribution in [-0.2, 0) is 19.4 Å². The van der Waals surface area contributed by atoms with E-state index in [1.807, 2.05) is 24.3 Å². The summed E-state index contributed by atoms with van der Waals surface area (Å²) in [5.74, 6) is 2.74. The van der Waals surface area contributed by atoms with Gasteiger partial charge in [0, 0.05) is 31.3 Å². The molecule has 1 amide bonds. The first-order valence-electron chi connectivity index (χ1n) is 10.0. The average Bonchev–Trinajstić information content (AvgIpc) is 3.32. The second-order valence-electron chi connectivity index (χ2n) is 7.09. The first-order valence-corrected chi connectivity index (χ1v) is 10.9. The fourth-order valence-corrected chi connectivity index (χ4v) is 4.42. The number of thiazole rings is 1. The van der Waals surface area contributed by atoms with Crippen LogP contribution < -0.4 is 10.1 Å². The zero-order valence-electron chi connectivity index (χ0n) is 16.6. The molecule has 0 saturated heterocycles. The van der Waals surface area contributed by atoms with Crippen molar-refractivity contribution in [2.45, 2.75) is 45.1 Å². The first kappa shape index (κ1) is 19.6. The van der Waals surface area contributed by atoms with Crippen molar-refractivity contribution in [3.05, 3.63) is 47.0 Å². The van der Waals surface area contributed by atoms with E-state index in [4.69, 9.17) is 4.74 Å². The molecule has 0 spiro atoms. The van der Waals surface area contributed by atoms with Gasteiger partial charge in [0.15, 0.2) is 0 Å². The van der Waals surface area contributed by atoms with Crippen molar-refractivity contribution in [3.8, 4) is 16.3 Å².